The van der Waals surface area contributed by atoms with Gasteiger partial charge in [0.1, 0.15) is 5.75 Å². The number of ketones is 1. The van der Waals surface area contributed by atoms with E-state index in [1.807, 2.05) is 45.9 Å². The number of nitrogens with zero attached hydrogens (tertiary/aromatic N) is 2. The Morgan fingerprint density at radius 1 is 1.03 bits per heavy atom. The van der Waals surface area contributed by atoms with Gasteiger partial charge in [0.15, 0.2) is 10.9 Å². The van der Waals surface area contributed by atoms with Gasteiger partial charge in [0.2, 0.25) is 0 Å². The van der Waals surface area contributed by atoms with E-state index in [1.54, 1.807) is 49.6 Å². The summed E-state index contributed by atoms with van der Waals surface area (Å²) in [5, 5.41) is 3.06. The average molecular weight is 530 g/mol. The number of ether oxygens (including phenoxy) is 1. The summed E-state index contributed by atoms with van der Waals surface area (Å²) < 4.78 is 6.87. The van der Waals surface area contributed by atoms with Crippen LogP contribution in [-0.4, -0.2) is 40.1 Å². The van der Waals surface area contributed by atoms with E-state index >= 15 is 0 Å². The van der Waals surface area contributed by atoms with Crippen LogP contribution >= 0.6 is 11.8 Å². The second-order valence-corrected chi connectivity index (χ2v) is 10.5. The summed E-state index contributed by atoms with van der Waals surface area (Å²) in [7, 11) is 1.56. The molecule has 1 atom stereocenters. The zero-order chi connectivity index (χ0) is 27.4. The number of hydrogen-bond acceptors (Lipinski definition) is 6. The van der Waals surface area contributed by atoms with Crippen LogP contribution in [0.5, 0.6) is 5.75 Å². The zero-order valence-electron chi connectivity index (χ0n) is 22.2. The normalized spacial score (nSPS) is 11.8. The number of thioether (sulfide) groups is 1. The number of carbonyl (C=O) groups excluding carboxylic acids is 2. The molecule has 0 saturated heterocycles. The number of hydrogen-bond donors (Lipinski definition) is 1. The topological polar surface area (TPSA) is 90.3 Å². The molecule has 38 heavy (non-hydrogen) atoms. The summed E-state index contributed by atoms with van der Waals surface area (Å²) in [4.78, 5) is 44.5. The van der Waals surface area contributed by atoms with E-state index in [9.17, 15) is 14.4 Å². The smallest absolute Gasteiger partial charge is 0.266 e. The van der Waals surface area contributed by atoms with Gasteiger partial charge in [-0.05, 0) is 74.7 Å². The van der Waals surface area contributed by atoms with Gasteiger partial charge in [-0.2, -0.15) is 0 Å². The van der Waals surface area contributed by atoms with Crippen molar-refractivity contribution >= 4 is 34.4 Å². The summed E-state index contributed by atoms with van der Waals surface area (Å²) in [6.07, 6.45) is 0.816. The summed E-state index contributed by atoms with van der Waals surface area (Å²) >= 11 is 1.21. The minimum atomic E-state index is -0.519. The number of carbonyl (C=O) groups is 2. The van der Waals surface area contributed by atoms with E-state index in [1.165, 1.54) is 16.3 Å². The lowest BCUT2D eigenvalue weighted by Gasteiger charge is -2.17. The number of rotatable bonds is 9. The van der Waals surface area contributed by atoms with Crippen molar-refractivity contribution in [1.82, 2.24) is 14.9 Å². The van der Waals surface area contributed by atoms with Crippen LogP contribution < -0.4 is 15.6 Å². The molecule has 1 unspecified atom stereocenters. The molecule has 4 aromatic rings. The Hall–Kier alpha value is -3.91. The highest BCUT2D eigenvalue weighted by Crippen LogP contribution is 2.29. The molecule has 0 fully saturated rings. The lowest BCUT2D eigenvalue weighted by Crippen LogP contribution is -2.25. The van der Waals surface area contributed by atoms with Gasteiger partial charge in [-0.1, -0.05) is 36.9 Å². The molecule has 0 saturated carbocycles. The highest BCUT2D eigenvalue weighted by Gasteiger charge is 2.22. The second kappa shape index (κ2) is 11.6. The molecule has 4 rings (SSSR count). The van der Waals surface area contributed by atoms with E-state index in [4.69, 9.17) is 9.72 Å². The number of amides is 1. The van der Waals surface area contributed by atoms with E-state index < -0.39 is 5.25 Å². The molecular weight excluding hydrogens is 498 g/mol. The van der Waals surface area contributed by atoms with Crippen LogP contribution in [0.3, 0.4) is 0 Å². The first kappa shape index (κ1) is 27.1. The minimum absolute atomic E-state index is 0.0580. The maximum atomic E-state index is 13.8. The van der Waals surface area contributed by atoms with Gasteiger partial charge in [-0.3, -0.25) is 19.0 Å². The number of Topliss-reactive ketones (excluding diaryl/α,β-unsaturated/α-hetero) is 1. The van der Waals surface area contributed by atoms with E-state index in [0.717, 1.165) is 17.5 Å². The van der Waals surface area contributed by atoms with Crippen molar-refractivity contribution in [3.05, 3.63) is 93.3 Å². The molecule has 1 aromatic heterocycles. The standard InChI is InChI=1S/C30H31N3O4S/c1-6-14-31-28(35)22-12-13-25-26(16-22)32-30(33(29(25)36)23-8-7-9-24(17-23)37-5)38-20(4)27(34)21-11-10-18(2)19(3)15-21/h7-13,15-17,20H,6,14H2,1-5H3,(H,31,35). The van der Waals surface area contributed by atoms with Crippen molar-refractivity contribution < 1.29 is 14.3 Å². The maximum Gasteiger partial charge on any atom is 0.266 e. The van der Waals surface area contributed by atoms with Crippen molar-refractivity contribution in [1.29, 1.82) is 0 Å². The lowest BCUT2D eigenvalue weighted by molar-refractivity contribution is 0.0952. The van der Waals surface area contributed by atoms with E-state index in [2.05, 4.69) is 5.32 Å². The number of methoxy groups -OCH3 is 1. The Balaban J connectivity index is 1.83. The zero-order valence-corrected chi connectivity index (χ0v) is 23.0. The molecule has 1 N–H and O–H groups in total. The maximum absolute atomic E-state index is 13.8. The van der Waals surface area contributed by atoms with Gasteiger partial charge in [-0.15, -0.1) is 0 Å². The van der Waals surface area contributed by atoms with E-state index in [-0.39, 0.29) is 17.2 Å². The second-order valence-electron chi connectivity index (χ2n) is 9.15. The lowest BCUT2D eigenvalue weighted by atomic mass is 10.0. The molecule has 1 amide bonds. The Morgan fingerprint density at radius 2 is 1.79 bits per heavy atom. The van der Waals surface area contributed by atoms with Crippen LogP contribution in [-0.2, 0) is 0 Å². The Morgan fingerprint density at radius 3 is 2.50 bits per heavy atom. The minimum Gasteiger partial charge on any atom is -0.497 e. The largest absolute Gasteiger partial charge is 0.497 e. The fraction of sp³-hybridized carbons (Fsp3) is 0.267. The summed E-state index contributed by atoms with van der Waals surface area (Å²) in [5.74, 6) is 0.310. The molecule has 0 spiro atoms. The van der Waals surface area contributed by atoms with Gasteiger partial charge < -0.3 is 10.1 Å². The van der Waals surface area contributed by atoms with Crippen molar-refractivity contribution in [3.8, 4) is 11.4 Å². The van der Waals surface area contributed by atoms with Crippen LogP contribution in [0, 0.1) is 13.8 Å². The summed E-state index contributed by atoms with van der Waals surface area (Å²) in [5.41, 5.74) is 3.86. The van der Waals surface area contributed by atoms with Crippen LogP contribution in [0.25, 0.3) is 16.6 Å². The third kappa shape index (κ3) is 5.65. The molecule has 3 aromatic carbocycles. The molecule has 1 heterocycles. The summed E-state index contributed by atoms with van der Waals surface area (Å²) in [6.45, 7) is 8.32. The van der Waals surface area contributed by atoms with Gasteiger partial charge in [0, 0.05) is 23.7 Å². The first-order valence-electron chi connectivity index (χ1n) is 12.5. The number of aryl methyl sites for hydroxylation is 2. The first-order valence-corrected chi connectivity index (χ1v) is 13.4. The van der Waals surface area contributed by atoms with Crippen molar-refractivity contribution in [3.63, 3.8) is 0 Å². The fourth-order valence-electron chi connectivity index (χ4n) is 4.04. The SMILES string of the molecule is CCCNC(=O)c1ccc2c(=O)n(-c3cccc(OC)c3)c(SC(C)C(=O)c3ccc(C)c(C)c3)nc2c1. The monoisotopic (exact) mass is 529 g/mol. The average Bonchev–Trinajstić information content (AvgIpc) is 2.92. The van der Waals surface area contributed by atoms with E-state index in [0.29, 0.717) is 45.2 Å². The molecule has 196 valence electrons. The molecule has 7 nitrogen and oxygen atoms in total. The predicted molar refractivity (Wildman–Crippen MR) is 152 cm³/mol. The fourth-order valence-corrected chi connectivity index (χ4v) is 5.05. The van der Waals surface area contributed by atoms with Crippen LogP contribution in [0.2, 0.25) is 0 Å². The Kier molecular flexibility index (Phi) is 8.32. The van der Waals surface area contributed by atoms with Gasteiger partial charge in [0.05, 0.1) is 29.0 Å². The molecule has 0 aliphatic heterocycles. The molecule has 0 aliphatic rings. The Bertz CT molecular complexity index is 1580. The molecule has 0 radical (unpaired) electrons. The highest BCUT2D eigenvalue weighted by atomic mass is 32.2. The summed E-state index contributed by atoms with van der Waals surface area (Å²) in [6, 6.07) is 17.7. The molecular formula is C30H31N3O4S. The third-order valence-corrected chi connectivity index (χ3v) is 7.44. The molecule has 0 aliphatic carbocycles. The third-order valence-electron chi connectivity index (χ3n) is 6.39. The quantitative estimate of drug-likeness (QED) is 0.175. The first-order chi connectivity index (χ1) is 18.2. The van der Waals surface area contributed by atoms with Crippen LogP contribution in [0.1, 0.15) is 52.1 Å². The van der Waals surface area contributed by atoms with Crippen molar-refractivity contribution in [2.75, 3.05) is 13.7 Å². The number of aromatic nitrogens is 2. The van der Waals surface area contributed by atoms with Crippen LogP contribution in [0.15, 0.2) is 70.6 Å². The van der Waals surface area contributed by atoms with Gasteiger partial charge in [-0.25, -0.2) is 4.98 Å². The van der Waals surface area contributed by atoms with Gasteiger partial charge >= 0.3 is 0 Å². The van der Waals surface area contributed by atoms with Crippen molar-refractivity contribution in [2.45, 2.75) is 44.5 Å². The number of fused-ring (bicyclic) bond motifs is 1. The van der Waals surface area contributed by atoms with Gasteiger partial charge in [0.25, 0.3) is 11.5 Å². The predicted octanol–water partition coefficient (Wildman–Crippen LogP) is 5.51. The molecule has 8 heteroatoms. The van der Waals surface area contributed by atoms with Crippen LogP contribution in [0.4, 0.5) is 0 Å². The Labute approximate surface area is 226 Å². The highest BCUT2D eigenvalue weighted by molar-refractivity contribution is 8.00. The van der Waals surface area contributed by atoms with Crippen molar-refractivity contribution in [2.24, 2.45) is 0 Å². The number of benzene rings is 3. The molecule has 0 bridgehead atoms. The number of nitrogens with one attached hydrogen (secondary N) is 1.